The van der Waals surface area contributed by atoms with Crippen molar-refractivity contribution in [2.24, 2.45) is 0 Å². The first kappa shape index (κ1) is 14.5. The molecule has 0 fully saturated rings. The molecule has 0 bridgehead atoms. The standard InChI is InChI=1S/C5H11O9P/c6-1-2(7)3(8)4(9)5(10)14-15(11,12)13/h2-4,6-9H,1H2,(H2,11,12,13)/t2-,3+,4-/m0/s1. The van der Waals surface area contributed by atoms with Gasteiger partial charge in [-0.25, -0.2) is 9.36 Å². The molecule has 0 unspecified atom stereocenters. The number of carbonyl (C=O) groups excluding carboxylic acids is 1. The summed E-state index contributed by atoms with van der Waals surface area (Å²) in [6.07, 6.45) is -6.29. The topological polar surface area (TPSA) is 165 Å². The summed E-state index contributed by atoms with van der Waals surface area (Å²) in [6.45, 7) is -0.943. The molecular formula is C5H11O9P. The lowest BCUT2D eigenvalue weighted by molar-refractivity contribution is -0.157. The monoisotopic (exact) mass is 246 g/mol. The van der Waals surface area contributed by atoms with E-state index in [1.807, 2.05) is 0 Å². The molecule has 15 heavy (non-hydrogen) atoms. The second kappa shape index (κ2) is 5.52. The van der Waals surface area contributed by atoms with Gasteiger partial charge in [-0.05, 0) is 0 Å². The largest absolute Gasteiger partial charge is 0.527 e. The summed E-state index contributed by atoms with van der Waals surface area (Å²) in [5.74, 6) is -1.80. The van der Waals surface area contributed by atoms with Gasteiger partial charge in [-0.15, -0.1) is 0 Å². The van der Waals surface area contributed by atoms with E-state index in [-0.39, 0.29) is 0 Å². The van der Waals surface area contributed by atoms with E-state index in [1.165, 1.54) is 0 Å². The summed E-state index contributed by atoms with van der Waals surface area (Å²) < 4.78 is 13.6. The van der Waals surface area contributed by atoms with Gasteiger partial charge in [0, 0.05) is 0 Å². The van der Waals surface area contributed by atoms with Crippen LogP contribution >= 0.6 is 7.82 Å². The van der Waals surface area contributed by atoms with Crippen molar-refractivity contribution in [3.8, 4) is 0 Å². The van der Waals surface area contributed by atoms with Crippen LogP contribution in [0.3, 0.4) is 0 Å². The molecule has 0 heterocycles. The van der Waals surface area contributed by atoms with Crippen LogP contribution in [-0.4, -0.2) is 61.1 Å². The highest BCUT2D eigenvalue weighted by molar-refractivity contribution is 7.46. The third-order valence-electron chi connectivity index (χ3n) is 1.36. The Hall–Kier alpha value is -0.540. The second-order valence-electron chi connectivity index (χ2n) is 2.59. The van der Waals surface area contributed by atoms with Gasteiger partial charge in [-0.2, -0.15) is 0 Å². The second-order valence-corrected chi connectivity index (χ2v) is 3.75. The van der Waals surface area contributed by atoms with Gasteiger partial charge >= 0.3 is 13.8 Å². The summed E-state index contributed by atoms with van der Waals surface area (Å²) in [4.78, 5) is 27.1. The van der Waals surface area contributed by atoms with Crippen molar-refractivity contribution in [1.82, 2.24) is 0 Å². The maximum absolute atomic E-state index is 10.7. The fourth-order valence-electron chi connectivity index (χ4n) is 0.629. The van der Waals surface area contributed by atoms with Crippen molar-refractivity contribution in [2.45, 2.75) is 18.3 Å². The number of aliphatic hydroxyl groups is 4. The smallest absolute Gasteiger partial charge is 0.394 e. The molecule has 9 nitrogen and oxygen atoms in total. The molecule has 0 saturated carbocycles. The van der Waals surface area contributed by atoms with Crippen molar-refractivity contribution in [2.75, 3.05) is 6.61 Å². The third kappa shape index (κ3) is 5.19. The minimum atomic E-state index is -5.12. The Bertz CT molecular complexity index is 259. The predicted molar refractivity (Wildman–Crippen MR) is 43.2 cm³/mol. The lowest BCUT2D eigenvalue weighted by atomic mass is 10.1. The van der Waals surface area contributed by atoms with Gasteiger partial charge in [-0.3, -0.25) is 9.79 Å². The summed E-state index contributed by atoms with van der Waals surface area (Å²) >= 11 is 0. The maximum Gasteiger partial charge on any atom is 0.527 e. The normalized spacial score (nSPS) is 18.0. The SMILES string of the molecule is O=C(OP(=O)(O)O)[C@@H](O)[C@H](O)[C@@H](O)CO. The summed E-state index contributed by atoms with van der Waals surface area (Å²) in [5, 5.41) is 35.0. The highest BCUT2D eigenvalue weighted by atomic mass is 31.2. The molecule has 0 aromatic carbocycles. The van der Waals surface area contributed by atoms with Gasteiger partial charge in [0.15, 0.2) is 6.10 Å². The molecule has 0 saturated heterocycles. The minimum Gasteiger partial charge on any atom is -0.394 e. The number of hydrogen-bond acceptors (Lipinski definition) is 7. The van der Waals surface area contributed by atoms with Gasteiger partial charge in [0.05, 0.1) is 6.61 Å². The molecule has 0 aliphatic carbocycles. The Morgan fingerprint density at radius 3 is 2.07 bits per heavy atom. The summed E-state index contributed by atoms with van der Waals surface area (Å²) in [6, 6.07) is 0. The van der Waals surface area contributed by atoms with Crippen molar-refractivity contribution in [3.63, 3.8) is 0 Å². The molecule has 0 amide bonds. The first-order valence-electron chi connectivity index (χ1n) is 3.63. The Kier molecular flexibility index (Phi) is 5.32. The average Bonchev–Trinajstić information content (AvgIpc) is 2.11. The van der Waals surface area contributed by atoms with Crippen LogP contribution in [-0.2, 0) is 13.9 Å². The van der Waals surface area contributed by atoms with E-state index < -0.39 is 38.7 Å². The first-order chi connectivity index (χ1) is 6.69. The zero-order valence-corrected chi connectivity index (χ0v) is 8.19. The lowest BCUT2D eigenvalue weighted by Crippen LogP contribution is -2.44. The minimum absolute atomic E-state index is 0.943. The fraction of sp³-hybridized carbons (Fsp3) is 0.800. The number of carbonyl (C=O) groups is 1. The maximum atomic E-state index is 10.7. The Labute approximate surface area is 83.8 Å². The van der Waals surface area contributed by atoms with E-state index in [0.29, 0.717) is 0 Å². The number of rotatable bonds is 5. The van der Waals surface area contributed by atoms with Crippen molar-refractivity contribution < 1.29 is 44.1 Å². The van der Waals surface area contributed by atoms with E-state index in [4.69, 9.17) is 30.2 Å². The summed E-state index contributed by atoms with van der Waals surface area (Å²) in [7, 11) is -5.12. The van der Waals surface area contributed by atoms with Gasteiger partial charge in [0.2, 0.25) is 0 Å². The Morgan fingerprint density at radius 1 is 1.27 bits per heavy atom. The van der Waals surface area contributed by atoms with Crippen molar-refractivity contribution >= 4 is 13.8 Å². The van der Waals surface area contributed by atoms with Gasteiger partial charge in [0.25, 0.3) is 0 Å². The van der Waals surface area contributed by atoms with Crippen LogP contribution in [0.2, 0.25) is 0 Å². The fourth-order valence-corrected chi connectivity index (χ4v) is 0.971. The molecule has 0 aromatic heterocycles. The van der Waals surface area contributed by atoms with E-state index in [9.17, 15) is 9.36 Å². The van der Waals surface area contributed by atoms with Gasteiger partial charge in [-0.1, -0.05) is 0 Å². The molecule has 10 heteroatoms. The highest BCUT2D eigenvalue weighted by Gasteiger charge is 2.34. The molecule has 0 aliphatic heterocycles. The van der Waals surface area contributed by atoms with Gasteiger partial charge in [0.1, 0.15) is 12.2 Å². The first-order valence-corrected chi connectivity index (χ1v) is 5.16. The van der Waals surface area contributed by atoms with Crippen LogP contribution in [0, 0.1) is 0 Å². The van der Waals surface area contributed by atoms with E-state index >= 15 is 0 Å². The molecule has 3 atom stereocenters. The zero-order valence-electron chi connectivity index (χ0n) is 7.29. The lowest BCUT2D eigenvalue weighted by Gasteiger charge is -2.19. The summed E-state index contributed by atoms with van der Waals surface area (Å²) in [5.41, 5.74) is 0. The van der Waals surface area contributed by atoms with Crippen LogP contribution in [0.1, 0.15) is 0 Å². The van der Waals surface area contributed by atoms with Crippen LogP contribution in [0.15, 0.2) is 0 Å². The van der Waals surface area contributed by atoms with Crippen molar-refractivity contribution in [3.05, 3.63) is 0 Å². The van der Waals surface area contributed by atoms with E-state index in [2.05, 4.69) is 4.52 Å². The van der Waals surface area contributed by atoms with Crippen LogP contribution in [0.25, 0.3) is 0 Å². The molecule has 0 aromatic rings. The molecular weight excluding hydrogens is 235 g/mol. The van der Waals surface area contributed by atoms with E-state index in [0.717, 1.165) is 0 Å². The van der Waals surface area contributed by atoms with Crippen LogP contribution in [0.5, 0.6) is 0 Å². The molecule has 0 radical (unpaired) electrons. The van der Waals surface area contributed by atoms with E-state index in [1.54, 1.807) is 0 Å². The van der Waals surface area contributed by atoms with Crippen molar-refractivity contribution in [1.29, 1.82) is 0 Å². The number of hydrogen-bond donors (Lipinski definition) is 6. The Balaban J connectivity index is 4.38. The van der Waals surface area contributed by atoms with Gasteiger partial charge < -0.3 is 24.9 Å². The van der Waals surface area contributed by atoms with Crippen LogP contribution in [0.4, 0.5) is 0 Å². The molecule has 0 spiro atoms. The molecule has 6 N–H and O–H groups in total. The number of aliphatic hydroxyl groups excluding tert-OH is 4. The number of phosphoric ester groups is 1. The predicted octanol–water partition coefficient (Wildman–Crippen LogP) is -3.30. The average molecular weight is 246 g/mol. The Morgan fingerprint density at radius 2 is 1.73 bits per heavy atom. The van der Waals surface area contributed by atoms with Crippen LogP contribution < -0.4 is 0 Å². The molecule has 0 aliphatic rings. The highest BCUT2D eigenvalue weighted by Crippen LogP contribution is 2.36. The quantitative estimate of drug-likeness (QED) is 0.272. The molecule has 0 rings (SSSR count). The third-order valence-corrected chi connectivity index (χ3v) is 1.77. The zero-order chi connectivity index (χ0) is 12.2. The number of phosphoric acid groups is 1. The molecule has 90 valence electrons.